The number of esters is 4. The van der Waals surface area contributed by atoms with Crippen molar-refractivity contribution in [3.05, 3.63) is 0 Å². The summed E-state index contributed by atoms with van der Waals surface area (Å²) in [6, 6.07) is 0. The Morgan fingerprint density at radius 1 is 0.358 bits per heavy atom. The van der Waals surface area contributed by atoms with Crippen LogP contribution in [0.5, 0.6) is 0 Å². The van der Waals surface area contributed by atoms with Crippen LogP contribution >= 0.6 is 15.6 Å². The van der Waals surface area contributed by atoms with Gasteiger partial charge in [0.2, 0.25) is 0 Å². The highest BCUT2D eigenvalue weighted by Crippen LogP contribution is 2.45. The minimum Gasteiger partial charge on any atom is -0.462 e. The zero-order chi connectivity index (χ0) is 60.1. The van der Waals surface area contributed by atoms with Crippen molar-refractivity contribution >= 4 is 39.5 Å². The molecule has 0 aliphatic heterocycles. The fourth-order valence-electron chi connectivity index (χ4n) is 9.15. The minimum atomic E-state index is -4.94. The molecule has 0 spiro atoms. The van der Waals surface area contributed by atoms with E-state index in [1.54, 1.807) is 0 Å². The van der Waals surface area contributed by atoms with Crippen LogP contribution in [0, 0.1) is 11.8 Å². The van der Waals surface area contributed by atoms with Crippen molar-refractivity contribution < 1.29 is 80.2 Å². The monoisotopic (exact) mass is 1200 g/mol. The van der Waals surface area contributed by atoms with Gasteiger partial charge in [-0.3, -0.25) is 37.3 Å². The zero-order valence-electron chi connectivity index (χ0n) is 52.1. The number of rotatable bonds is 61. The molecule has 0 heterocycles. The average molecular weight is 1200 g/mol. The van der Waals surface area contributed by atoms with Gasteiger partial charge in [-0.1, -0.05) is 253 Å². The molecule has 0 aromatic heterocycles. The number of aliphatic hydroxyl groups excluding tert-OH is 1. The van der Waals surface area contributed by atoms with Gasteiger partial charge in [0.05, 0.1) is 26.4 Å². The van der Waals surface area contributed by atoms with Gasteiger partial charge in [0.1, 0.15) is 19.3 Å². The van der Waals surface area contributed by atoms with Crippen LogP contribution in [-0.4, -0.2) is 96.7 Å². The molecule has 0 rings (SSSR count). The lowest BCUT2D eigenvalue weighted by Gasteiger charge is -2.21. The summed E-state index contributed by atoms with van der Waals surface area (Å²) in [5, 5.41) is 10.5. The normalized spacial score (nSPS) is 14.7. The van der Waals surface area contributed by atoms with Crippen LogP contribution in [0.1, 0.15) is 305 Å². The van der Waals surface area contributed by atoms with Crippen LogP contribution in [0.15, 0.2) is 0 Å². The third kappa shape index (κ3) is 55.7. The van der Waals surface area contributed by atoms with E-state index in [0.29, 0.717) is 31.6 Å². The van der Waals surface area contributed by atoms with Gasteiger partial charge >= 0.3 is 39.5 Å². The molecule has 3 N–H and O–H groups in total. The Labute approximate surface area is 492 Å². The molecule has 0 aromatic rings. The third-order valence-electron chi connectivity index (χ3n) is 14.6. The van der Waals surface area contributed by atoms with Gasteiger partial charge in [-0.15, -0.1) is 0 Å². The van der Waals surface area contributed by atoms with E-state index in [1.165, 1.54) is 109 Å². The number of hydrogen-bond donors (Lipinski definition) is 3. The van der Waals surface area contributed by atoms with Crippen molar-refractivity contribution in [2.45, 2.75) is 323 Å². The molecule has 17 nitrogen and oxygen atoms in total. The molecule has 3 unspecified atom stereocenters. The van der Waals surface area contributed by atoms with Crippen molar-refractivity contribution in [2.24, 2.45) is 11.8 Å². The summed E-state index contributed by atoms with van der Waals surface area (Å²) in [6.45, 7) is 9.35. The first-order valence-electron chi connectivity index (χ1n) is 32.5. The maximum absolute atomic E-state index is 13.0. The lowest BCUT2D eigenvalue weighted by molar-refractivity contribution is -0.161. The van der Waals surface area contributed by atoms with E-state index < -0.39 is 97.5 Å². The molecule has 0 fully saturated rings. The summed E-state index contributed by atoms with van der Waals surface area (Å²) in [5.41, 5.74) is 0. The topological polar surface area (TPSA) is 237 Å². The zero-order valence-corrected chi connectivity index (χ0v) is 53.9. The van der Waals surface area contributed by atoms with E-state index in [1.807, 2.05) is 0 Å². The molecule has 480 valence electrons. The van der Waals surface area contributed by atoms with Gasteiger partial charge in [0.25, 0.3) is 0 Å². The maximum Gasteiger partial charge on any atom is 0.472 e. The standard InChI is InChI=1S/C62H120O17P2/c1-7-10-12-14-16-17-18-19-20-21-27-34-40-46-61(66)78-57(51-73-60(65)45-39-33-26-23-22-25-31-37-43-55(6)9-3)52-76-80(68,69)74-48-56(63)49-75-81(70,71)77-53-58(50-72-59(64)44-38-32-24-15-13-11-8-2)79-62(67)47-41-35-29-28-30-36-42-54(4)5/h54-58,63H,7-53H2,1-6H3,(H,68,69)(H,70,71)/t55?,56-,57-,58-/m1/s1. The Hall–Kier alpha value is -1.94. The van der Waals surface area contributed by atoms with Gasteiger partial charge in [-0.05, 0) is 37.5 Å². The Bertz CT molecular complexity index is 1600. The second kappa shape index (κ2) is 54.7. The molecule has 0 aromatic carbocycles. The number of carbonyl (C=O) groups excluding carboxylic acids is 4. The Kier molecular flexibility index (Phi) is 53.4. The fourth-order valence-corrected chi connectivity index (χ4v) is 10.7. The number of ether oxygens (including phenoxy) is 4. The molecular weight excluding hydrogens is 1080 g/mol. The first kappa shape index (κ1) is 79.1. The van der Waals surface area contributed by atoms with Crippen molar-refractivity contribution in [3.8, 4) is 0 Å². The third-order valence-corrected chi connectivity index (χ3v) is 16.5. The molecule has 0 amide bonds. The van der Waals surface area contributed by atoms with Gasteiger partial charge in [0, 0.05) is 25.7 Å². The van der Waals surface area contributed by atoms with E-state index in [9.17, 15) is 43.2 Å². The molecule has 6 atom stereocenters. The average Bonchev–Trinajstić information content (AvgIpc) is 3.43. The number of hydrogen-bond acceptors (Lipinski definition) is 15. The SMILES string of the molecule is CCCCCCCCCCCCCCCC(=O)O[C@H](COC(=O)CCCCCCCCCCC(C)CC)COP(=O)(O)OC[C@@H](O)COP(=O)(O)OC[C@@H](COC(=O)CCCCCCCCC)OC(=O)CCCCCCCCC(C)C. The predicted octanol–water partition coefficient (Wildman–Crippen LogP) is 16.9. The highest BCUT2D eigenvalue weighted by Gasteiger charge is 2.30. The first-order valence-corrected chi connectivity index (χ1v) is 35.5. The van der Waals surface area contributed by atoms with Crippen LogP contribution in [0.4, 0.5) is 0 Å². The number of unbranched alkanes of at least 4 members (excludes halogenated alkanes) is 30. The number of aliphatic hydroxyl groups is 1. The van der Waals surface area contributed by atoms with Crippen molar-refractivity contribution in [3.63, 3.8) is 0 Å². The highest BCUT2D eigenvalue weighted by molar-refractivity contribution is 7.47. The number of phosphoric ester groups is 2. The van der Waals surface area contributed by atoms with Gasteiger partial charge in [0.15, 0.2) is 12.2 Å². The summed E-state index contributed by atoms with van der Waals surface area (Å²) in [5.74, 6) is -0.696. The lowest BCUT2D eigenvalue weighted by atomic mass is 9.99. The molecule has 81 heavy (non-hydrogen) atoms. The Morgan fingerprint density at radius 2 is 0.630 bits per heavy atom. The van der Waals surface area contributed by atoms with Crippen molar-refractivity contribution in [2.75, 3.05) is 39.6 Å². The van der Waals surface area contributed by atoms with Crippen LogP contribution in [0.3, 0.4) is 0 Å². The van der Waals surface area contributed by atoms with Crippen molar-refractivity contribution in [1.29, 1.82) is 0 Å². The van der Waals surface area contributed by atoms with Gasteiger partial charge < -0.3 is 33.8 Å². The van der Waals surface area contributed by atoms with Crippen LogP contribution in [0.25, 0.3) is 0 Å². The molecule has 0 aliphatic rings. The largest absolute Gasteiger partial charge is 0.472 e. The van der Waals surface area contributed by atoms with Crippen LogP contribution < -0.4 is 0 Å². The van der Waals surface area contributed by atoms with E-state index in [0.717, 1.165) is 109 Å². The molecular formula is C62H120O17P2. The second-order valence-electron chi connectivity index (χ2n) is 23.2. The summed E-state index contributed by atoms with van der Waals surface area (Å²) in [7, 11) is -9.88. The molecule has 0 radical (unpaired) electrons. The van der Waals surface area contributed by atoms with Gasteiger partial charge in [-0.2, -0.15) is 0 Å². The Balaban J connectivity index is 5.22. The van der Waals surface area contributed by atoms with E-state index in [4.69, 9.17) is 37.0 Å². The molecule has 19 heteroatoms. The van der Waals surface area contributed by atoms with Gasteiger partial charge in [-0.25, -0.2) is 9.13 Å². The second-order valence-corrected chi connectivity index (χ2v) is 26.1. The van der Waals surface area contributed by atoms with Crippen molar-refractivity contribution in [1.82, 2.24) is 0 Å². The fraction of sp³-hybridized carbons (Fsp3) is 0.935. The number of carbonyl (C=O) groups is 4. The van der Waals surface area contributed by atoms with E-state index >= 15 is 0 Å². The quantitative estimate of drug-likeness (QED) is 0.0222. The van der Waals surface area contributed by atoms with Crippen LogP contribution in [0.2, 0.25) is 0 Å². The van der Waals surface area contributed by atoms with Crippen LogP contribution in [-0.2, 0) is 65.4 Å². The summed E-state index contributed by atoms with van der Waals surface area (Å²) < 4.78 is 67.8. The predicted molar refractivity (Wildman–Crippen MR) is 321 cm³/mol. The minimum absolute atomic E-state index is 0.102. The lowest BCUT2D eigenvalue weighted by Crippen LogP contribution is -2.30. The van der Waals surface area contributed by atoms with E-state index in [-0.39, 0.29) is 25.7 Å². The Morgan fingerprint density at radius 3 is 0.938 bits per heavy atom. The molecule has 0 bridgehead atoms. The van der Waals surface area contributed by atoms with E-state index in [2.05, 4.69) is 41.5 Å². The first-order chi connectivity index (χ1) is 38.9. The molecule has 0 saturated heterocycles. The summed E-state index contributed by atoms with van der Waals surface area (Å²) >= 11 is 0. The smallest absolute Gasteiger partial charge is 0.462 e. The molecule has 0 saturated carbocycles. The number of phosphoric acid groups is 2. The summed E-state index contributed by atoms with van der Waals surface area (Å²) in [6.07, 6.45) is 36.4. The molecule has 0 aliphatic carbocycles. The maximum atomic E-state index is 13.0. The summed E-state index contributed by atoms with van der Waals surface area (Å²) in [4.78, 5) is 72.0. The highest BCUT2D eigenvalue weighted by atomic mass is 31.2.